The first-order valence-electron chi connectivity index (χ1n) is 11.2. The van der Waals surface area contributed by atoms with Crippen molar-refractivity contribution in [2.24, 2.45) is 10.7 Å². The van der Waals surface area contributed by atoms with Gasteiger partial charge in [0.1, 0.15) is 0 Å². The Bertz CT molecular complexity index is 1630. The lowest BCUT2D eigenvalue weighted by atomic mass is 10.2. The number of unbranched alkanes of at least 4 members (excludes halogenated alkanes) is 1. The van der Waals surface area contributed by atoms with E-state index in [0.29, 0.717) is 34.8 Å². The highest BCUT2D eigenvalue weighted by Crippen LogP contribution is 2.21. The summed E-state index contributed by atoms with van der Waals surface area (Å²) in [5.41, 5.74) is 8.54. The SMILES string of the molecule is CCCCn1c2ccc(C(N)=O)cc2n2c(=O)n(-c3ccccc3)c(=Nc3ccccc3)nc12. The smallest absolute Gasteiger partial charge is 0.343 e. The fourth-order valence-corrected chi connectivity index (χ4v) is 4.08. The van der Waals surface area contributed by atoms with Gasteiger partial charge in [0, 0.05) is 12.1 Å². The zero-order chi connectivity index (χ0) is 23.7. The second-order valence-electron chi connectivity index (χ2n) is 8.02. The van der Waals surface area contributed by atoms with Crippen LogP contribution in [0.4, 0.5) is 5.69 Å². The summed E-state index contributed by atoms with van der Waals surface area (Å²) in [6, 6.07) is 23.9. The van der Waals surface area contributed by atoms with Crippen molar-refractivity contribution in [1.82, 2.24) is 18.5 Å². The highest BCUT2D eigenvalue weighted by molar-refractivity contribution is 5.97. The number of aromatic nitrogens is 4. The molecule has 8 heteroatoms. The van der Waals surface area contributed by atoms with Crippen LogP contribution in [0.25, 0.3) is 22.5 Å². The number of nitrogens with two attached hydrogens (primary N) is 1. The largest absolute Gasteiger partial charge is 0.366 e. The third-order valence-electron chi connectivity index (χ3n) is 5.75. The number of fused-ring (bicyclic) bond motifs is 3. The van der Waals surface area contributed by atoms with E-state index < -0.39 is 5.91 Å². The number of hydrogen-bond acceptors (Lipinski definition) is 4. The van der Waals surface area contributed by atoms with E-state index in [4.69, 9.17) is 15.7 Å². The van der Waals surface area contributed by atoms with Gasteiger partial charge in [0.15, 0.2) is 0 Å². The fraction of sp³-hybridized carbons (Fsp3) is 0.154. The minimum atomic E-state index is -0.552. The lowest BCUT2D eigenvalue weighted by Crippen LogP contribution is -2.39. The zero-order valence-electron chi connectivity index (χ0n) is 18.8. The average molecular weight is 453 g/mol. The van der Waals surface area contributed by atoms with Gasteiger partial charge in [-0.2, -0.15) is 4.98 Å². The first-order valence-corrected chi connectivity index (χ1v) is 11.2. The number of para-hydroxylation sites is 2. The summed E-state index contributed by atoms with van der Waals surface area (Å²) < 4.78 is 5.03. The summed E-state index contributed by atoms with van der Waals surface area (Å²) in [4.78, 5) is 35.5. The molecule has 0 unspecified atom stereocenters. The zero-order valence-corrected chi connectivity index (χ0v) is 18.8. The van der Waals surface area contributed by atoms with Gasteiger partial charge in [-0.25, -0.2) is 18.8 Å². The molecule has 0 bridgehead atoms. The van der Waals surface area contributed by atoms with Crippen LogP contribution in [0.15, 0.2) is 88.6 Å². The standard InChI is InChI=1S/C26H24N6O2/c1-2-3-16-30-21-15-14-18(23(27)33)17-22(21)32-25(30)29-24(28-19-10-6-4-7-11-19)31(26(32)34)20-12-8-5-9-13-20/h4-15,17H,2-3,16H2,1H3,(H2,27,33). The molecule has 34 heavy (non-hydrogen) atoms. The van der Waals surface area contributed by atoms with Gasteiger partial charge in [-0.3, -0.25) is 4.79 Å². The highest BCUT2D eigenvalue weighted by Gasteiger charge is 2.18. The number of imidazole rings is 1. The van der Waals surface area contributed by atoms with Crippen LogP contribution < -0.4 is 17.0 Å². The molecular weight excluding hydrogens is 428 g/mol. The van der Waals surface area contributed by atoms with Crippen molar-refractivity contribution in [2.45, 2.75) is 26.3 Å². The molecule has 2 aromatic heterocycles. The van der Waals surface area contributed by atoms with Gasteiger partial charge in [0.05, 0.1) is 22.4 Å². The molecule has 0 atom stereocenters. The quantitative estimate of drug-likeness (QED) is 0.426. The minimum absolute atomic E-state index is 0.276. The van der Waals surface area contributed by atoms with Crippen LogP contribution in [0.2, 0.25) is 0 Å². The molecule has 2 heterocycles. The molecule has 0 saturated carbocycles. The molecule has 0 saturated heterocycles. The Kier molecular flexibility index (Phi) is 5.55. The third-order valence-corrected chi connectivity index (χ3v) is 5.75. The van der Waals surface area contributed by atoms with Crippen LogP contribution in [-0.4, -0.2) is 24.4 Å². The van der Waals surface area contributed by atoms with E-state index in [1.807, 2.05) is 71.3 Å². The van der Waals surface area contributed by atoms with E-state index >= 15 is 0 Å². The number of carbonyl (C=O) groups excluding carboxylic acids is 1. The first kappa shape index (κ1) is 21.4. The van der Waals surface area contributed by atoms with Crippen molar-refractivity contribution in [1.29, 1.82) is 0 Å². The Balaban J connectivity index is 1.95. The fourth-order valence-electron chi connectivity index (χ4n) is 4.08. The van der Waals surface area contributed by atoms with Crippen LogP contribution in [0.1, 0.15) is 30.1 Å². The maximum Gasteiger partial charge on any atom is 0.343 e. The Morgan fingerprint density at radius 2 is 1.68 bits per heavy atom. The highest BCUT2D eigenvalue weighted by atomic mass is 16.2. The van der Waals surface area contributed by atoms with Gasteiger partial charge < -0.3 is 10.3 Å². The Morgan fingerprint density at radius 1 is 0.971 bits per heavy atom. The number of nitrogens with zero attached hydrogens (tertiary/aromatic N) is 5. The van der Waals surface area contributed by atoms with Gasteiger partial charge in [-0.05, 0) is 48.9 Å². The third kappa shape index (κ3) is 3.69. The van der Waals surface area contributed by atoms with Crippen molar-refractivity contribution in [2.75, 3.05) is 0 Å². The van der Waals surface area contributed by atoms with Crippen LogP contribution in [0, 0.1) is 0 Å². The Morgan fingerprint density at radius 3 is 2.35 bits per heavy atom. The van der Waals surface area contributed by atoms with Gasteiger partial charge in [-0.1, -0.05) is 49.7 Å². The lowest BCUT2D eigenvalue weighted by molar-refractivity contribution is 0.100. The van der Waals surface area contributed by atoms with E-state index in [9.17, 15) is 9.59 Å². The molecule has 0 fully saturated rings. The summed E-state index contributed by atoms with van der Waals surface area (Å²) in [6.45, 7) is 2.78. The lowest BCUT2D eigenvalue weighted by Gasteiger charge is -2.09. The summed E-state index contributed by atoms with van der Waals surface area (Å²) in [7, 11) is 0. The number of primary amides is 1. The molecule has 170 valence electrons. The minimum Gasteiger partial charge on any atom is -0.366 e. The van der Waals surface area contributed by atoms with Gasteiger partial charge in [0.25, 0.3) is 0 Å². The molecule has 8 nitrogen and oxygen atoms in total. The first-order chi connectivity index (χ1) is 16.6. The van der Waals surface area contributed by atoms with E-state index in [1.54, 1.807) is 12.1 Å². The number of rotatable bonds is 6. The van der Waals surface area contributed by atoms with Gasteiger partial charge >= 0.3 is 5.69 Å². The molecule has 0 spiro atoms. The number of hydrogen-bond donors (Lipinski definition) is 1. The summed E-state index contributed by atoms with van der Waals surface area (Å²) >= 11 is 0. The van der Waals surface area contributed by atoms with Crippen molar-refractivity contribution in [3.63, 3.8) is 0 Å². The molecule has 2 N–H and O–H groups in total. The predicted octanol–water partition coefficient (Wildman–Crippen LogP) is 3.57. The number of benzene rings is 3. The number of carbonyl (C=O) groups is 1. The molecule has 0 radical (unpaired) electrons. The Labute approximate surface area is 195 Å². The topological polar surface area (TPSA) is 99.7 Å². The van der Waals surface area contributed by atoms with Crippen molar-refractivity contribution in [3.05, 3.63) is 101 Å². The average Bonchev–Trinajstić information content (AvgIpc) is 3.16. The number of aryl methyl sites for hydroxylation is 1. The van der Waals surface area contributed by atoms with Crippen LogP contribution in [0.3, 0.4) is 0 Å². The second kappa shape index (κ2) is 8.82. The normalized spacial score (nSPS) is 12.0. The molecule has 0 aliphatic carbocycles. The molecule has 5 aromatic rings. The predicted molar refractivity (Wildman–Crippen MR) is 131 cm³/mol. The summed E-state index contributed by atoms with van der Waals surface area (Å²) in [6.07, 6.45) is 1.89. The van der Waals surface area contributed by atoms with Gasteiger partial charge in [-0.15, -0.1) is 0 Å². The second-order valence-corrected chi connectivity index (χ2v) is 8.02. The van der Waals surface area contributed by atoms with E-state index in [1.165, 1.54) is 8.97 Å². The van der Waals surface area contributed by atoms with Crippen molar-refractivity contribution in [3.8, 4) is 5.69 Å². The maximum atomic E-state index is 14.0. The van der Waals surface area contributed by atoms with Crippen molar-refractivity contribution >= 4 is 28.4 Å². The maximum absolute atomic E-state index is 14.0. The van der Waals surface area contributed by atoms with Gasteiger partial charge in [0.2, 0.25) is 17.3 Å². The van der Waals surface area contributed by atoms with Crippen LogP contribution in [0.5, 0.6) is 0 Å². The van der Waals surface area contributed by atoms with Crippen LogP contribution >= 0.6 is 0 Å². The molecule has 5 rings (SSSR count). The molecule has 0 aliphatic rings. The molecule has 1 amide bonds. The van der Waals surface area contributed by atoms with Crippen LogP contribution in [-0.2, 0) is 6.54 Å². The molecule has 3 aromatic carbocycles. The number of amides is 1. The van der Waals surface area contributed by atoms with E-state index in [2.05, 4.69) is 6.92 Å². The molecule has 0 aliphatic heterocycles. The van der Waals surface area contributed by atoms with E-state index in [0.717, 1.165) is 18.4 Å². The Hall–Kier alpha value is -4.46. The summed E-state index contributed by atoms with van der Waals surface area (Å²) in [5.74, 6) is -0.0825. The monoisotopic (exact) mass is 452 g/mol. The van der Waals surface area contributed by atoms with E-state index in [-0.39, 0.29) is 11.3 Å². The summed E-state index contributed by atoms with van der Waals surface area (Å²) in [5, 5.41) is 0. The molecular formula is C26H24N6O2. The van der Waals surface area contributed by atoms with Crippen molar-refractivity contribution < 1.29 is 4.79 Å².